The minimum Gasteiger partial charge on any atom is -0.339 e. The molecular formula is C16H24ClN3O3S. The Morgan fingerprint density at radius 1 is 1.33 bits per heavy atom. The fraction of sp³-hybridized carbons (Fsp3) is 0.562. The van der Waals surface area contributed by atoms with E-state index in [0.717, 1.165) is 43.8 Å². The number of halogens is 1. The van der Waals surface area contributed by atoms with Gasteiger partial charge < -0.3 is 10.2 Å². The monoisotopic (exact) mass is 373 g/mol. The zero-order chi connectivity index (χ0) is 16.7. The second kappa shape index (κ2) is 10.5. The molecule has 1 aliphatic rings. The number of non-ortho nitro benzene ring substituents is 1. The Bertz CT molecular complexity index is 536. The molecule has 1 saturated heterocycles. The first kappa shape index (κ1) is 20.7. The molecule has 1 aromatic carbocycles. The zero-order valence-corrected chi connectivity index (χ0v) is 15.4. The molecule has 134 valence electrons. The summed E-state index contributed by atoms with van der Waals surface area (Å²) in [6.45, 7) is 4.82. The van der Waals surface area contributed by atoms with Crippen molar-refractivity contribution in [1.82, 2.24) is 10.2 Å². The number of nitrogens with one attached hydrogen (secondary N) is 1. The Morgan fingerprint density at radius 3 is 2.50 bits per heavy atom. The number of piperidine rings is 1. The van der Waals surface area contributed by atoms with Crippen LogP contribution in [0.2, 0.25) is 0 Å². The van der Waals surface area contributed by atoms with E-state index >= 15 is 0 Å². The Morgan fingerprint density at radius 2 is 1.96 bits per heavy atom. The van der Waals surface area contributed by atoms with Crippen molar-refractivity contribution in [3.8, 4) is 0 Å². The normalized spacial score (nSPS) is 14.7. The highest BCUT2D eigenvalue weighted by atomic mass is 35.5. The first-order chi connectivity index (χ1) is 11.1. The zero-order valence-electron chi connectivity index (χ0n) is 13.8. The summed E-state index contributed by atoms with van der Waals surface area (Å²) in [4.78, 5) is 25.7. The van der Waals surface area contributed by atoms with Crippen molar-refractivity contribution in [1.29, 1.82) is 0 Å². The number of amides is 1. The first-order valence-electron chi connectivity index (χ1n) is 7.99. The molecule has 6 nitrogen and oxygen atoms in total. The Hall–Kier alpha value is -1.31. The van der Waals surface area contributed by atoms with Crippen LogP contribution in [0, 0.1) is 10.1 Å². The van der Waals surface area contributed by atoms with E-state index in [1.807, 2.05) is 4.90 Å². The number of nitrogens with zero attached hydrogens (tertiary/aromatic N) is 2. The van der Waals surface area contributed by atoms with Gasteiger partial charge in [0.2, 0.25) is 5.91 Å². The third-order valence-electron chi connectivity index (χ3n) is 3.94. The number of hydrogen-bond donors (Lipinski definition) is 1. The van der Waals surface area contributed by atoms with Crippen molar-refractivity contribution in [2.75, 3.05) is 25.4 Å². The third kappa shape index (κ3) is 5.96. The summed E-state index contributed by atoms with van der Waals surface area (Å²) in [7, 11) is 0. The molecule has 0 aliphatic carbocycles. The summed E-state index contributed by atoms with van der Waals surface area (Å²) in [5.41, 5.74) is 0.0722. The molecule has 24 heavy (non-hydrogen) atoms. The van der Waals surface area contributed by atoms with Crippen molar-refractivity contribution < 1.29 is 9.72 Å². The van der Waals surface area contributed by atoms with Crippen LogP contribution in [0.1, 0.15) is 26.2 Å². The van der Waals surface area contributed by atoms with Crippen molar-refractivity contribution in [2.24, 2.45) is 0 Å². The average Bonchev–Trinajstić information content (AvgIpc) is 2.58. The molecule has 0 radical (unpaired) electrons. The lowest BCUT2D eigenvalue weighted by atomic mass is 10.0. The maximum atomic E-state index is 12.6. The maximum Gasteiger partial charge on any atom is 0.269 e. The second-order valence-corrected chi connectivity index (χ2v) is 6.66. The number of nitro benzene ring substituents is 1. The van der Waals surface area contributed by atoms with Gasteiger partial charge in [-0.3, -0.25) is 14.9 Å². The van der Waals surface area contributed by atoms with Gasteiger partial charge in [-0.05, 0) is 44.5 Å². The van der Waals surface area contributed by atoms with E-state index < -0.39 is 4.92 Å². The number of benzene rings is 1. The summed E-state index contributed by atoms with van der Waals surface area (Å²) in [6, 6.07) is 6.68. The molecule has 1 fully saturated rings. The van der Waals surface area contributed by atoms with Crippen LogP contribution in [0.15, 0.2) is 29.2 Å². The van der Waals surface area contributed by atoms with Crippen LogP contribution in [0.25, 0.3) is 0 Å². The fourth-order valence-corrected chi connectivity index (χ4v) is 3.55. The molecule has 1 N–H and O–H groups in total. The lowest BCUT2D eigenvalue weighted by molar-refractivity contribution is -0.384. The van der Waals surface area contributed by atoms with Crippen molar-refractivity contribution >= 4 is 35.8 Å². The SMILES string of the molecule is CCCN(C(=O)CSc1ccc([N+](=O)[O-])cc1)C1CCNCC1.Cl. The fourth-order valence-electron chi connectivity index (χ4n) is 2.76. The summed E-state index contributed by atoms with van der Waals surface area (Å²) < 4.78 is 0. The van der Waals surface area contributed by atoms with Gasteiger partial charge in [0, 0.05) is 29.6 Å². The molecule has 0 bridgehead atoms. The maximum absolute atomic E-state index is 12.6. The Balaban J connectivity index is 0.00000288. The highest BCUT2D eigenvalue weighted by molar-refractivity contribution is 8.00. The quantitative estimate of drug-likeness (QED) is 0.451. The topological polar surface area (TPSA) is 75.5 Å². The van der Waals surface area contributed by atoms with Gasteiger partial charge in [0.1, 0.15) is 0 Å². The van der Waals surface area contributed by atoms with Crippen LogP contribution in [0.4, 0.5) is 5.69 Å². The highest BCUT2D eigenvalue weighted by Gasteiger charge is 2.24. The van der Waals surface area contributed by atoms with Crippen LogP contribution in [0.3, 0.4) is 0 Å². The summed E-state index contributed by atoms with van der Waals surface area (Å²) in [5, 5.41) is 14.0. The van der Waals surface area contributed by atoms with Crippen molar-refractivity contribution in [2.45, 2.75) is 37.1 Å². The molecule has 0 atom stereocenters. The molecule has 1 aromatic rings. The van der Waals surface area contributed by atoms with Gasteiger partial charge in [-0.15, -0.1) is 24.2 Å². The van der Waals surface area contributed by atoms with Crippen molar-refractivity contribution in [3.05, 3.63) is 34.4 Å². The Kier molecular flexibility index (Phi) is 9.10. The van der Waals surface area contributed by atoms with E-state index in [1.54, 1.807) is 12.1 Å². The molecule has 2 rings (SSSR count). The van der Waals surface area contributed by atoms with Crippen LogP contribution in [-0.2, 0) is 4.79 Å². The summed E-state index contributed by atoms with van der Waals surface area (Å²) in [5.74, 6) is 0.531. The third-order valence-corrected chi connectivity index (χ3v) is 4.94. The van der Waals surface area contributed by atoms with Crippen LogP contribution in [-0.4, -0.2) is 47.2 Å². The van der Waals surface area contributed by atoms with E-state index in [2.05, 4.69) is 12.2 Å². The lowest BCUT2D eigenvalue weighted by Gasteiger charge is -2.34. The molecule has 1 aliphatic heterocycles. The minimum atomic E-state index is -0.417. The number of hydrogen-bond acceptors (Lipinski definition) is 5. The molecule has 0 aromatic heterocycles. The predicted octanol–water partition coefficient (Wildman–Crippen LogP) is 3.10. The number of rotatable bonds is 7. The second-order valence-electron chi connectivity index (χ2n) is 5.61. The lowest BCUT2D eigenvalue weighted by Crippen LogP contribution is -2.47. The summed E-state index contributed by atoms with van der Waals surface area (Å²) in [6.07, 6.45) is 2.97. The molecule has 1 heterocycles. The van der Waals surface area contributed by atoms with E-state index in [9.17, 15) is 14.9 Å². The van der Waals surface area contributed by atoms with Gasteiger partial charge in [0.05, 0.1) is 10.7 Å². The standard InChI is InChI=1S/C16H23N3O3S.ClH/c1-2-11-18(13-7-9-17-10-8-13)16(20)12-23-15-5-3-14(4-6-15)19(21)22;/h3-6,13,17H,2,7-12H2,1H3;1H. The van der Waals surface area contributed by atoms with Crippen LogP contribution < -0.4 is 5.32 Å². The van der Waals surface area contributed by atoms with Crippen LogP contribution >= 0.6 is 24.2 Å². The number of carbonyl (C=O) groups is 1. The number of nitro groups is 1. The van der Waals surface area contributed by atoms with Gasteiger partial charge >= 0.3 is 0 Å². The molecule has 0 unspecified atom stereocenters. The largest absolute Gasteiger partial charge is 0.339 e. The van der Waals surface area contributed by atoms with E-state index in [4.69, 9.17) is 0 Å². The van der Waals surface area contributed by atoms with Gasteiger partial charge in [0.15, 0.2) is 0 Å². The summed E-state index contributed by atoms with van der Waals surface area (Å²) >= 11 is 1.44. The molecule has 0 saturated carbocycles. The highest BCUT2D eigenvalue weighted by Crippen LogP contribution is 2.23. The first-order valence-corrected chi connectivity index (χ1v) is 8.97. The van der Waals surface area contributed by atoms with Crippen molar-refractivity contribution in [3.63, 3.8) is 0 Å². The van der Waals surface area contributed by atoms with E-state index in [0.29, 0.717) is 11.8 Å². The minimum absolute atomic E-state index is 0. The molecule has 0 spiro atoms. The van der Waals surface area contributed by atoms with Gasteiger partial charge in [-0.25, -0.2) is 0 Å². The average molecular weight is 374 g/mol. The molecule has 8 heteroatoms. The van der Waals surface area contributed by atoms with E-state index in [-0.39, 0.29) is 24.0 Å². The predicted molar refractivity (Wildman–Crippen MR) is 99.0 cm³/mol. The smallest absolute Gasteiger partial charge is 0.269 e. The number of carbonyl (C=O) groups excluding carboxylic acids is 1. The Labute approximate surface area is 152 Å². The number of thioether (sulfide) groups is 1. The van der Waals surface area contributed by atoms with Gasteiger partial charge in [0.25, 0.3) is 5.69 Å². The van der Waals surface area contributed by atoms with E-state index in [1.165, 1.54) is 23.9 Å². The van der Waals surface area contributed by atoms with Gasteiger partial charge in [-0.2, -0.15) is 0 Å². The molecular weight excluding hydrogens is 350 g/mol. The van der Waals surface area contributed by atoms with Crippen LogP contribution in [0.5, 0.6) is 0 Å². The molecule has 1 amide bonds. The van der Waals surface area contributed by atoms with Gasteiger partial charge in [-0.1, -0.05) is 6.92 Å².